The molecular formula is C8H9F2NO2S. The Morgan fingerprint density at radius 2 is 1.93 bits per heavy atom. The molecule has 1 N–H and O–H groups in total. The third kappa shape index (κ3) is 3.04. The van der Waals surface area contributed by atoms with Crippen molar-refractivity contribution in [1.29, 1.82) is 0 Å². The van der Waals surface area contributed by atoms with Crippen LogP contribution in [0.3, 0.4) is 0 Å². The second-order valence-electron chi connectivity index (χ2n) is 2.50. The molecule has 1 unspecified atom stereocenters. The molecule has 1 aromatic carbocycles. The number of hydrogen-bond acceptors (Lipinski definition) is 3. The van der Waals surface area contributed by atoms with Crippen LogP contribution in [0, 0.1) is 0 Å². The minimum Gasteiger partial charge on any atom is -0.392 e. The van der Waals surface area contributed by atoms with Crippen LogP contribution in [0.25, 0.3) is 0 Å². The van der Waals surface area contributed by atoms with Crippen molar-refractivity contribution in [2.45, 2.75) is 12.4 Å². The van der Waals surface area contributed by atoms with E-state index in [9.17, 15) is 13.0 Å². The molecular weight excluding hydrogens is 212 g/mol. The van der Waals surface area contributed by atoms with Gasteiger partial charge in [-0.15, -0.1) is 0 Å². The first kappa shape index (κ1) is 11.1. The number of alkyl halides is 2. The van der Waals surface area contributed by atoms with Crippen LogP contribution in [0.15, 0.2) is 28.6 Å². The van der Waals surface area contributed by atoms with Gasteiger partial charge in [0.05, 0.1) is 12.3 Å². The van der Waals surface area contributed by atoms with Crippen LogP contribution >= 0.6 is 0 Å². The molecule has 0 saturated carbocycles. The standard InChI is InChI=1S/C8H9F2NO2S/c9-8(10)14(13)11-7-3-1-6(5-12)2-4-7/h1-4,8,12,14H,5H2. The monoisotopic (exact) mass is 221 g/mol. The Balaban J connectivity index is 2.88. The Kier molecular flexibility index (Phi) is 3.97. The Bertz CT molecular complexity index is 371. The first-order chi connectivity index (χ1) is 6.63. The van der Waals surface area contributed by atoms with Crippen molar-refractivity contribution in [3.05, 3.63) is 29.8 Å². The maximum atomic E-state index is 11.8. The summed E-state index contributed by atoms with van der Waals surface area (Å²) in [7, 11) is -2.85. The van der Waals surface area contributed by atoms with Crippen LogP contribution in [-0.2, 0) is 17.2 Å². The first-order valence-electron chi connectivity index (χ1n) is 3.79. The summed E-state index contributed by atoms with van der Waals surface area (Å²) in [6, 6.07) is 5.93. The highest BCUT2D eigenvalue weighted by atomic mass is 32.2. The maximum Gasteiger partial charge on any atom is 0.317 e. The van der Waals surface area contributed by atoms with Gasteiger partial charge >= 0.3 is 5.76 Å². The minimum absolute atomic E-state index is 0.124. The van der Waals surface area contributed by atoms with Gasteiger partial charge in [0.15, 0.2) is 0 Å². The fourth-order valence-corrected chi connectivity index (χ4v) is 1.27. The largest absolute Gasteiger partial charge is 0.392 e. The molecule has 0 fully saturated rings. The lowest BCUT2D eigenvalue weighted by Crippen LogP contribution is -1.90. The van der Waals surface area contributed by atoms with Gasteiger partial charge in [0.1, 0.15) is 10.6 Å². The Morgan fingerprint density at radius 3 is 2.36 bits per heavy atom. The van der Waals surface area contributed by atoms with Gasteiger partial charge < -0.3 is 5.11 Å². The van der Waals surface area contributed by atoms with Crippen molar-refractivity contribution in [3.63, 3.8) is 0 Å². The summed E-state index contributed by atoms with van der Waals surface area (Å²) in [6.45, 7) is -0.124. The van der Waals surface area contributed by atoms with Crippen LogP contribution in [0.1, 0.15) is 5.56 Å². The van der Waals surface area contributed by atoms with Gasteiger partial charge in [0, 0.05) is 0 Å². The molecule has 1 aromatic rings. The van der Waals surface area contributed by atoms with E-state index < -0.39 is 16.4 Å². The molecule has 0 bridgehead atoms. The molecule has 0 heterocycles. The van der Waals surface area contributed by atoms with E-state index in [4.69, 9.17) is 5.11 Å². The maximum absolute atomic E-state index is 11.8. The molecule has 3 nitrogen and oxygen atoms in total. The molecule has 6 heteroatoms. The van der Waals surface area contributed by atoms with Crippen LogP contribution in [-0.4, -0.2) is 15.1 Å². The summed E-state index contributed by atoms with van der Waals surface area (Å²) < 4.78 is 37.6. The number of aliphatic hydroxyl groups is 1. The number of aliphatic hydroxyl groups excluding tert-OH is 1. The minimum atomic E-state index is -2.93. The molecule has 0 amide bonds. The van der Waals surface area contributed by atoms with Crippen molar-refractivity contribution in [1.82, 2.24) is 0 Å². The summed E-state index contributed by atoms with van der Waals surface area (Å²) in [4.78, 5) is 0. The van der Waals surface area contributed by atoms with Crippen molar-refractivity contribution in [2.24, 2.45) is 4.36 Å². The van der Waals surface area contributed by atoms with Crippen molar-refractivity contribution in [2.75, 3.05) is 0 Å². The molecule has 1 atom stereocenters. The van der Waals surface area contributed by atoms with E-state index in [1.165, 1.54) is 24.3 Å². The molecule has 0 saturated heterocycles. The molecule has 0 radical (unpaired) electrons. The molecule has 0 aliphatic carbocycles. The molecule has 0 spiro atoms. The number of thiol groups is 1. The van der Waals surface area contributed by atoms with E-state index in [-0.39, 0.29) is 12.3 Å². The van der Waals surface area contributed by atoms with E-state index in [0.717, 1.165) is 0 Å². The van der Waals surface area contributed by atoms with Gasteiger partial charge in [-0.1, -0.05) is 12.1 Å². The van der Waals surface area contributed by atoms with E-state index in [2.05, 4.69) is 4.36 Å². The lowest BCUT2D eigenvalue weighted by Gasteiger charge is -1.96. The highest BCUT2D eigenvalue weighted by Crippen LogP contribution is 2.14. The number of benzene rings is 1. The van der Waals surface area contributed by atoms with Gasteiger partial charge in [-0.3, -0.25) is 0 Å². The summed E-state index contributed by atoms with van der Waals surface area (Å²) in [6.07, 6.45) is 0. The second kappa shape index (κ2) is 5.02. The molecule has 14 heavy (non-hydrogen) atoms. The lowest BCUT2D eigenvalue weighted by atomic mass is 10.2. The third-order valence-corrected chi connectivity index (χ3v) is 2.26. The van der Waals surface area contributed by atoms with Gasteiger partial charge in [0.2, 0.25) is 0 Å². The zero-order valence-corrected chi connectivity index (χ0v) is 7.99. The summed E-state index contributed by atoms with van der Waals surface area (Å²) in [5.74, 6) is -2.93. The highest BCUT2D eigenvalue weighted by molar-refractivity contribution is 7.75. The van der Waals surface area contributed by atoms with E-state index in [0.29, 0.717) is 5.56 Å². The normalized spacial score (nSPS) is 13.4. The average molecular weight is 221 g/mol. The molecule has 78 valence electrons. The summed E-state index contributed by atoms with van der Waals surface area (Å²) in [5, 5.41) is 8.69. The van der Waals surface area contributed by atoms with E-state index in [1.54, 1.807) is 0 Å². The average Bonchev–Trinajstić information content (AvgIpc) is 2.19. The Hall–Kier alpha value is -1.01. The van der Waals surface area contributed by atoms with E-state index >= 15 is 0 Å². The Morgan fingerprint density at radius 1 is 1.36 bits per heavy atom. The van der Waals surface area contributed by atoms with Crippen LogP contribution in [0.4, 0.5) is 14.5 Å². The second-order valence-corrected chi connectivity index (χ2v) is 3.70. The van der Waals surface area contributed by atoms with Gasteiger partial charge in [-0.05, 0) is 17.7 Å². The number of nitrogens with zero attached hydrogens (tertiary/aromatic N) is 1. The zero-order valence-electron chi connectivity index (χ0n) is 7.10. The molecule has 0 aliphatic rings. The van der Waals surface area contributed by atoms with Crippen LogP contribution < -0.4 is 0 Å². The molecule has 1 rings (SSSR count). The zero-order chi connectivity index (χ0) is 10.6. The predicted octanol–water partition coefficient (Wildman–Crippen LogP) is 1.70. The predicted molar refractivity (Wildman–Crippen MR) is 50.0 cm³/mol. The summed E-state index contributed by atoms with van der Waals surface area (Å²) in [5.41, 5.74) is 0.875. The fraction of sp³-hybridized carbons (Fsp3) is 0.250. The molecule has 0 aliphatic heterocycles. The Labute approximate surface area is 81.6 Å². The smallest absolute Gasteiger partial charge is 0.317 e. The highest BCUT2D eigenvalue weighted by Gasteiger charge is 2.02. The van der Waals surface area contributed by atoms with Crippen molar-refractivity contribution >= 4 is 16.3 Å². The quantitative estimate of drug-likeness (QED) is 0.763. The first-order valence-corrected chi connectivity index (χ1v) is 5.07. The molecule has 0 aromatic heterocycles. The topological polar surface area (TPSA) is 49.7 Å². The van der Waals surface area contributed by atoms with E-state index in [1.807, 2.05) is 0 Å². The van der Waals surface area contributed by atoms with Crippen molar-refractivity contribution in [3.8, 4) is 0 Å². The number of hydrogen-bond donors (Lipinski definition) is 2. The fourth-order valence-electron chi connectivity index (χ4n) is 0.825. The van der Waals surface area contributed by atoms with Crippen LogP contribution in [0.2, 0.25) is 0 Å². The number of rotatable bonds is 3. The van der Waals surface area contributed by atoms with Gasteiger partial charge in [-0.25, -0.2) is 4.21 Å². The SMILES string of the molecule is O=[SH](=N\c1ccc(CO)cc1)/C(F)F. The van der Waals surface area contributed by atoms with Gasteiger partial charge in [-0.2, -0.15) is 13.1 Å². The third-order valence-electron chi connectivity index (χ3n) is 1.50. The van der Waals surface area contributed by atoms with Crippen molar-refractivity contribution < 1.29 is 18.1 Å². The number of halogens is 2. The lowest BCUT2D eigenvalue weighted by molar-refractivity contribution is 0.246. The summed E-state index contributed by atoms with van der Waals surface area (Å²) >= 11 is 0. The van der Waals surface area contributed by atoms with Gasteiger partial charge in [0.25, 0.3) is 0 Å². The van der Waals surface area contributed by atoms with Crippen LogP contribution in [0.5, 0.6) is 0 Å².